The van der Waals surface area contributed by atoms with Gasteiger partial charge in [-0.15, -0.1) is 11.3 Å². The van der Waals surface area contributed by atoms with Crippen molar-refractivity contribution in [3.8, 4) is 0 Å². The maximum absolute atomic E-state index is 13.0. The number of aromatic nitrogens is 1. The number of anilines is 1. The molecule has 0 atom stereocenters. The van der Waals surface area contributed by atoms with Crippen molar-refractivity contribution in [3.63, 3.8) is 0 Å². The van der Waals surface area contributed by atoms with E-state index in [-0.39, 0.29) is 23.5 Å². The van der Waals surface area contributed by atoms with Gasteiger partial charge in [-0.3, -0.25) is 14.4 Å². The first-order chi connectivity index (χ1) is 16.0. The van der Waals surface area contributed by atoms with Crippen LogP contribution in [0.5, 0.6) is 0 Å². The topological polar surface area (TPSA) is 97.8 Å². The molecule has 0 aliphatic carbocycles. The van der Waals surface area contributed by atoms with Crippen LogP contribution in [0.2, 0.25) is 0 Å². The smallest absolute Gasteiger partial charge is 0.316 e. The molecule has 1 fully saturated rings. The Bertz CT molecular complexity index is 1170. The lowest BCUT2D eigenvalue weighted by atomic mass is 10.0. The fraction of sp³-hybridized carbons (Fsp3) is 0.304. The average molecular weight is 486 g/mol. The van der Waals surface area contributed by atoms with Gasteiger partial charge in [-0.25, -0.2) is 4.98 Å². The zero-order valence-corrected chi connectivity index (χ0v) is 19.7. The van der Waals surface area contributed by atoms with Crippen LogP contribution < -0.4 is 5.32 Å². The van der Waals surface area contributed by atoms with Crippen molar-refractivity contribution in [3.05, 3.63) is 53.6 Å². The van der Waals surface area contributed by atoms with E-state index in [2.05, 4.69) is 10.3 Å². The lowest BCUT2D eigenvalue weighted by Gasteiger charge is -2.27. The second-order valence-electron chi connectivity index (χ2n) is 7.16. The molecule has 3 aromatic rings. The Hall–Kier alpha value is -2.95. The second-order valence-corrected chi connectivity index (χ2v) is 9.41. The van der Waals surface area contributed by atoms with Crippen molar-refractivity contribution in [2.45, 2.75) is 11.3 Å². The van der Waals surface area contributed by atoms with Gasteiger partial charge in [0.05, 0.1) is 46.9 Å². The molecule has 2 aromatic carbocycles. The van der Waals surface area contributed by atoms with Crippen LogP contribution in [-0.4, -0.2) is 66.3 Å². The number of thioether (sulfide) groups is 1. The lowest BCUT2D eigenvalue weighted by Crippen LogP contribution is -2.41. The molecular formula is C23H23N3O5S2. The number of amides is 2. The number of hydrogen-bond donors (Lipinski definition) is 1. The number of nitrogens with zero attached hydrogens (tertiary/aromatic N) is 2. The highest BCUT2D eigenvalue weighted by molar-refractivity contribution is 8.01. The summed E-state index contributed by atoms with van der Waals surface area (Å²) in [5.74, 6) is -0.608. The van der Waals surface area contributed by atoms with Gasteiger partial charge in [0.2, 0.25) is 0 Å². The van der Waals surface area contributed by atoms with Crippen LogP contribution in [0.15, 0.2) is 46.8 Å². The Morgan fingerprint density at radius 2 is 1.91 bits per heavy atom. The van der Waals surface area contributed by atoms with Crippen molar-refractivity contribution in [2.75, 3.05) is 44.0 Å². The summed E-state index contributed by atoms with van der Waals surface area (Å²) in [6.07, 6.45) is 0. The van der Waals surface area contributed by atoms with Crippen molar-refractivity contribution in [2.24, 2.45) is 0 Å². The van der Waals surface area contributed by atoms with Gasteiger partial charge >= 0.3 is 5.97 Å². The first-order valence-corrected chi connectivity index (χ1v) is 12.3. The number of fused-ring (bicyclic) bond motifs is 1. The lowest BCUT2D eigenvalue weighted by molar-refractivity contribution is -0.139. The van der Waals surface area contributed by atoms with Crippen molar-refractivity contribution in [1.82, 2.24) is 9.88 Å². The first kappa shape index (κ1) is 23.2. The summed E-state index contributed by atoms with van der Waals surface area (Å²) in [7, 11) is 0. The highest BCUT2D eigenvalue weighted by atomic mass is 32.2. The number of thiazole rings is 1. The van der Waals surface area contributed by atoms with Crippen LogP contribution in [0.3, 0.4) is 0 Å². The number of ether oxygens (including phenoxy) is 2. The van der Waals surface area contributed by atoms with Crippen LogP contribution in [0.1, 0.15) is 27.6 Å². The predicted molar refractivity (Wildman–Crippen MR) is 128 cm³/mol. The van der Waals surface area contributed by atoms with Gasteiger partial charge in [-0.05, 0) is 37.3 Å². The highest BCUT2D eigenvalue weighted by Gasteiger charge is 2.23. The quantitative estimate of drug-likeness (QED) is 0.403. The largest absolute Gasteiger partial charge is 0.465 e. The Balaban J connectivity index is 1.48. The number of morpholine rings is 1. The van der Waals surface area contributed by atoms with Gasteiger partial charge in [0.1, 0.15) is 0 Å². The molecule has 0 bridgehead atoms. The Morgan fingerprint density at radius 1 is 1.15 bits per heavy atom. The third-order valence-electron chi connectivity index (χ3n) is 4.95. The average Bonchev–Trinajstić information content (AvgIpc) is 3.25. The van der Waals surface area contributed by atoms with Crippen molar-refractivity contribution in [1.29, 1.82) is 0 Å². The van der Waals surface area contributed by atoms with Crippen molar-refractivity contribution < 1.29 is 23.9 Å². The van der Waals surface area contributed by atoms with E-state index in [1.54, 1.807) is 42.2 Å². The van der Waals surface area contributed by atoms with Gasteiger partial charge in [-0.2, -0.15) is 0 Å². The molecule has 1 aliphatic heterocycles. The first-order valence-electron chi connectivity index (χ1n) is 10.5. The van der Waals surface area contributed by atoms with E-state index in [1.807, 2.05) is 12.1 Å². The Kier molecular flexibility index (Phi) is 7.58. The molecule has 172 valence electrons. The highest BCUT2D eigenvalue weighted by Crippen LogP contribution is 2.31. The molecule has 2 heterocycles. The molecule has 8 nitrogen and oxygen atoms in total. The number of hydrogen-bond acceptors (Lipinski definition) is 8. The van der Waals surface area contributed by atoms with E-state index in [0.717, 1.165) is 14.6 Å². The normalized spacial score (nSPS) is 13.7. The summed E-state index contributed by atoms with van der Waals surface area (Å²) in [5, 5.41) is 2.89. The van der Waals surface area contributed by atoms with E-state index in [1.165, 1.54) is 23.1 Å². The molecule has 2 amide bonds. The number of carbonyl (C=O) groups excluding carboxylic acids is 3. The van der Waals surface area contributed by atoms with E-state index in [4.69, 9.17) is 9.47 Å². The molecule has 1 aromatic heterocycles. The minimum atomic E-state index is -0.354. The third kappa shape index (κ3) is 5.70. The molecule has 0 radical (unpaired) electrons. The van der Waals surface area contributed by atoms with Gasteiger partial charge in [0, 0.05) is 18.8 Å². The summed E-state index contributed by atoms with van der Waals surface area (Å²) in [5.41, 5.74) is 2.08. The summed E-state index contributed by atoms with van der Waals surface area (Å²) < 4.78 is 11.9. The van der Waals surface area contributed by atoms with Crippen molar-refractivity contribution >= 4 is 56.8 Å². The zero-order chi connectivity index (χ0) is 23.2. The maximum Gasteiger partial charge on any atom is 0.316 e. The van der Waals surface area contributed by atoms with Crippen LogP contribution in [0, 0.1) is 0 Å². The molecule has 0 unspecified atom stereocenters. The Labute approximate surface area is 199 Å². The molecule has 4 rings (SSSR count). The summed E-state index contributed by atoms with van der Waals surface area (Å²) >= 11 is 2.77. The predicted octanol–water partition coefficient (Wildman–Crippen LogP) is 3.68. The van der Waals surface area contributed by atoms with Gasteiger partial charge in [-0.1, -0.05) is 23.9 Å². The maximum atomic E-state index is 13.0. The fourth-order valence-corrected chi connectivity index (χ4v) is 5.27. The molecule has 0 saturated carbocycles. The van der Waals surface area contributed by atoms with E-state index in [0.29, 0.717) is 49.7 Å². The van der Waals surface area contributed by atoms with Crippen LogP contribution in [0.4, 0.5) is 5.69 Å². The summed E-state index contributed by atoms with van der Waals surface area (Å²) in [4.78, 5) is 43.8. The minimum Gasteiger partial charge on any atom is -0.465 e. The second kappa shape index (κ2) is 10.8. The van der Waals surface area contributed by atoms with Gasteiger partial charge < -0.3 is 19.7 Å². The third-order valence-corrected chi connectivity index (χ3v) is 7.08. The molecule has 0 spiro atoms. The van der Waals surface area contributed by atoms with Crippen LogP contribution >= 0.6 is 23.1 Å². The van der Waals surface area contributed by atoms with Gasteiger partial charge in [0.15, 0.2) is 4.34 Å². The number of nitrogens with one attached hydrogen (secondary N) is 1. The SMILES string of the molecule is CCOC(=O)CSc1nc2ccc(NC(=O)c3ccccc3C(=O)N3CCOCC3)cc2s1. The fourth-order valence-electron chi connectivity index (χ4n) is 3.37. The number of rotatable bonds is 7. The number of benzene rings is 2. The number of carbonyl (C=O) groups is 3. The zero-order valence-electron chi connectivity index (χ0n) is 18.0. The molecule has 1 N–H and O–H groups in total. The number of esters is 1. The monoisotopic (exact) mass is 485 g/mol. The van der Waals surface area contributed by atoms with Gasteiger partial charge in [0.25, 0.3) is 11.8 Å². The summed E-state index contributed by atoms with van der Waals surface area (Å²) in [6, 6.07) is 12.2. The summed E-state index contributed by atoms with van der Waals surface area (Å²) in [6.45, 7) is 4.13. The minimum absolute atomic E-state index is 0.176. The molecule has 10 heteroatoms. The standard InChI is InChI=1S/C23H23N3O5S2/c1-2-31-20(27)14-32-23-25-18-8-7-15(13-19(18)33-23)24-21(28)16-5-3-4-6-17(16)22(29)26-9-11-30-12-10-26/h3-8,13H,2,9-12,14H2,1H3,(H,24,28). The molecule has 1 aliphatic rings. The van der Waals surface area contributed by atoms with E-state index >= 15 is 0 Å². The van der Waals surface area contributed by atoms with E-state index < -0.39 is 0 Å². The van der Waals surface area contributed by atoms with Crippen LogP contribution in [0.25, 0.3) is 10.2 Å². The van der Waals surface area contributed by atoms with E-state index in [9.17, 15) is 14.4 Å². The Morgan fingerprint density at radius 3 is 2.67 bits per heavy atom. The molecule has 33 heavy (non-hydrogen) atoms. The van der Waals surface area contributed by atoms with Crippen LogP contribution in [-0.2, 0) is 14.3 Å². The molecular weight excluding hydrogens is 462 g/mol. The molecule has 1 saturated heterocycles.